The first-order valence-corrected chi connectivity index (χ1v) is 6.58. The van der Waals surface area contributed by atoms with E-state index in [0.717, 1.165) is 5.56 Å². The Morgan fingerprint density at radius 1 is 1.10 bits per heavy atom. The van der Waals surface area contributed by atoms with E-state index in [4.69, 9.17) is 5.73 Å². The molecule has 0 radical (unpaired) electrons. The van der Waals surface area contributed by atoms with Crippen molar-refractivity contribution in [3.63, 3.8) is 0 Å². The summed E-state index contributed by atoms with van der Waals surface area (Å²) in [7, 11) is 1.64. The SMILES string of the molecule is Cc1ccccc1C(=O)n1c(=O)n(C)c2ccc(N)cc21. The second-order valence-corrected chi connectivity index (χ2v) is 5.05. The van der Waals surface area contributed by atoms with E-state index >= 15 is 0 Å². The van der Waals surface area contributed by atoms with Crippen LogP contribution in [0.5, 0.6) is 0 Å². The molecule has 0 atom stereocenters. The van der Waals surface area contributed by atoms with Gasteiger partial charge in [-0.2, -0.15) is 0 Å². The lowest BCUT2D eigenvalue weighted by molar-refractivity contribution is 0.0959. The van der Waals surface area contributed by atoms with Crippen LogP contribution < -0.4 is 11.4 Å². The Morgan fingerprint density at radius 2 is 1.81 bits per heavy atom. The minimum Gasteiger partial charge on any atom is -0.399 e. The molecule has 0 aliphatic rings. The number of nitrogens with two attached hydrogens (primary N) is 1. The Bertz CT molecular complexity index is 919. The highest BCUT2D eigenvalue weighted by atomic mass is 16.2. The van der Waals surface area contributed by atoms with Crippen molar-refractivity contribution in [2.75, 3.05) is 5.73 Å². The summed E-state index contributed by atoms with van der Waals surface area (Å²) in [6, 6.07) is 12.3. The third-order valence-electron chi connectivity index (χ3n) is 3.66. The number of carbonyl (C=O) groups excluding carboxylic acids is 1. The highest BCUT2D eigenvalue weighted by Crippen LogP contribution is 2.18. The molecule has 0 fully saturated rings. The zero-order chi connectivity index (χ0) is 15.1. The molecular weight excluding hydrogens is 266 g/mol. The van der Waals surface area contributed by atoms with Crippen molar-refractivity contribution in [1.82, 2.24) is 9.13 Å². The first-order valence-electron chi connectivity index (χ1n) is 6.58. The van der Waals surface area contributed by atoms with Crippen LogP contribution in [0.15, 0.2) is 47.3 Å². The Balaban J connectivity index is 2.33. The van der Waals surface area contributed by atoms with Crippen LogP contribution in [0, 0.1) is 6.92 Å². The van der Waals surface area contributed by atoms with Gasteiger partial charge in [0, 0.05) is 18.3 Å². The molecule has 0 aliphatic carbocycles. The molecular formula is C16H15N3O2. The van der Waals surface area contributed by atoms with E-state index in [1.807, 2.05) is 19.1 Å². The zero-order valence-electron chi connectivity index (χ0n) is 11.8. The number of hydrogen-bond donors (Lipinski definition) is 1. The van der Waals surface area contributed by atoms with Crippen molar-refractivity contribution in [1.29, 1.82) is 0 Å². The largest absolute Gasteiger partial charge is 0.399 e. The van der Waals surface area contributed by atoms with E-state index in [0.29, 0.717) is 22.3 Å². The van der Waals surface area contributed by atoms with Crippen LogP contribution >= 0.6 is 0 Å². The van der Waals surface area contributed by atoms with E-state index in [1.165, 1.54) is 9.13 Å². The lowest BCUT2D eigenvalue weighted by Gasteiger charge is -2.05. The van der Waals surface area contributed by atoms with Gasteiger partial charge in [0.15, 0.2) is 0 Å². The van der Waals surface area contributed by atoms with Gasteiger partial charge in [-0.05, 0) is 36.8 Å². The van der Waals surface area contributed by atoms with Crippen LogP contribution in [0.2, 0.25) is 0 Å². The number of carbonyl (C=O) groups is 1. The highest BCUT2D eigenvalue weighted by Gasteiger charge is 2.19. The molecule has 1 aromatic heterocycles. The second-order valence-electron chi connectivity index (χ2n) is 5.05. The molecule has 21 heavy (non-hydrogen) atoms. The van der Waals surface area contributed by atoms with Gasteiger partial charge in [0.05, 0.1) is 11.0 Å². The summed E-state index contributed by atoms with van der Waals surface area (Å²) in [5.41, 5.74) is 8.47. The van der Waals surface area contributed by atoms with Crippen molar-refractivity contribution in [2.24, 2.45) is 7.05 Å². The molecule has 5 nitrogen and oxygen atoms in total. The fourth-order valence-corrected chi connectivity index (χ4v) is 2.49. The third-order valence-corrected chi connectivity index (χ3v) is 3.66. The predicted molar refractivity (Wildman–Crippen MR) is 82.5 cm³/mol. The molecule has 0 saturated carbocycles. The Hall–Kier alpha value is -2.82. The van der Waals surface area contributed by atoms with Gasteiger partial charge >= 0.3 is 5.69 Å². The monoisotopic (exact) mass is 281 g/mol. The lowest BCUT2D eigenvalue weighted by Crippen LogP contribution is -2.28. The van der Waals surface area contributed by atoms with Crippen molar-refractivity contribution in [2.45, 2.75) is 6.92 Å². The number of fused-ring (bicyclic) bond motifs is 1. The summed E-state index contributed by atoms with van der Waals surface area (Å²) in [6.07, 6.45) is 0. The molecule has 1 heterocycles. The number of aromatic nitrogens is 2. The highest BCUT2D eigenvalue weighted by molar-refractivity contribution is 6.02. The topological polar surface area (TPSA) is 70.0 Å². The fourth-order valence-electron chi connectivity index (χ4n) is 2.49. The molecule has 106 valence electrons. The summed E-state index contributed by atoms with van der Waals surface area (Å²) < 4.78 is 2.62. The molecule has 0 bridgehead atoms. The Labute approximate surface area is 121 Å². The normalized spacial score (nSPS) is 11.0. The number of anilines is 1. The molecule has 0 amide bonds. The van der Waals surface area contributed by atoms with Gasteiger partial charge in [-0.15, -0.1) is 0 Å². The summed E-state index contributed by atoms with van der Waals surface area (Å²) >= 11 is 0. The van der Waals surface area contributed by atoms with E-state index in [-0.39, 0.29) is 11.6 Å². The summed E-state index contributed by atoms with van der Waals surface area (Å²) in [5, 5.41) is 0. The molecule has 3 aromatic rings. The van der Waals surface area contributed by atoms with Crippen molar-refractivity contribution in [3.05, 3.63) is 64.1 Å². The maximum atomic E-state index is 12.7. The Morgan fingerprint density at radius 3 is 2.52 bits per heavy atom. The van der Waals surface area contributed by atoms with Crippen molar-refractivity contribution >= 4 is 22.6 Å². The van der Waals surface area contributed by atoms with Gasteiger partial charge in [-0.25, -0.2) is 9.36 Å². The molecule has 0 unspecified atom stereocenters. The first kappa shape index (κ1) is 13.2. The second kappa shape index (κ2) is 4.63. The van der Waals surface area contributed by atoms with E-state index in [1.54, 1.807) is 37.4 Å². The number of nitrogen functional groups attached to an aromatic ring is 1. The minimum atomic E-state index is -0.371. The van der Waals surface area contributed by atoms with Crippen molar-refractivity contribution < 1.29 is 4.79 Å². The van der Waals surface area contributed by atoms with E-state index in [9.17, 15) is 9.59 Å². The van der Waals surface area contributed by atoms with Gasteiger partial charge in [0.1, 0.15) is 0 Å². The van der Waals surface area contributed by atoms with Crippen LogP contribution in [-0.2, 0) is 7.05 Å². The van der Waals surface area contributed by atoms with Crippen LogP contribution in [0.4, 0.5) is 5.69 Å². The molecule has 5 heteroatoms. The van der Waals surface area contributed by atoms with Gasteiger partial charge in [-0.3, -0.25) is 9.36 Å². The van der Waals surface area contributed by atoms with Gasteiger partial charge < -0.3 is 5.73 Å². The van der Waals surface area contributed by atoms with Gasteiger partial charge in [0.2, 0.25) is 0 Å². The van der Waals surface area contributed by atoms with Gasteiger partial charge in [-0.1, -0.05) is 18.2 Å². The zero-order valence-corrected chi connectivity index (χ0v) is 11.8. The van der Waals surface area contributed by atoms with Gasteiger partial charge in [0.25, 0.3) is 5.91 Å². The number of imidazole rings is 1. The number of hydrogen-bond acceptors (Lipinski definition) is 3. The maximum absolute atomic E-state index is 12.7. The number of aryl methyl sites for hydroxylation is 2. The van der Waals surface area contributed by atoms with Crippen LogP contribution in [0.25, 0.3) is 11.0 Å². The summed E-state index contributed by atoms with van der Waals surface area (Å²) in [5.74, 6) is -0.339. The number of rotatable bonds is 1. The summed E-state index contributed by atoms with van der Waals surface area (Å²) in [6.45, 7) is 1.85. The maximum Gasteiger partial charge on any atom is 0.335 e. The predicted octanol–water partition coefficient (Wildman–Crippen LogP) is 1.92. The lowest BCUT2D eigenvalue weighted by atomic mass is 10.1. The molecule has 0 saturated heterocycles. The molecule has 2 aromatic carbocycles. The van der Waals surface area contributed by atoms with E-state index < -0.39 is 0 Å². The van der Waals surface area contributed by atoms with E-state index in [2.05, 4.69) is 0 Å². The Kier molecular flexibility index (Phi) is 2.90. The van der Waals surface area contributed by atoms with Crippen LogP contribution in [0.1, 0.15) is 15.9 Å². The molecule has 2 N–H and O–H groups in total. The van der Waals surface area contributed by atoms with Crippen LogP contribution in [0.3, 0.4) is 0 Å². The average molecular weight is 281 g/mol. The smallest absolute Gasteiger partial charge is 0.335 e. The molecule has 0 aliphatic heterocycles. The third kappa shape index (κ3) is 1.94. The minimum absolute atomic E-state index is 0.339. The summed E-state index contributed by atoms with van der Waals surface area (Å²) in [4.78, 5) is 25.1. The average Bonchev–Trinajstić information content (AvgIpc) is 2.70. The quantitative estimate of drug-likeness (QED) is 0.693. The first-order chi connectivity index (χ1) is 10.0. The van der Waals surface area contributed by atoms with Crippen LogP contribution in [-0.4, -0.2) is 15.0 Å². The molecule has 3 rings (SSSR count). The van der Waals surface area contributed by atoms with Crippen molar-refractivity contribution in [3.8, 4) is 0 Å². The number of benzene rings is 2. The fraction of sp³-hybridized carbons (Fsp3) is 0.125. The molecule has 0 spiro atoms. The number of nitrogens with zero attached hydrogens (tertiary/aromatic N) is 2. The standard InChI is InChI=1S/C16H15N3O2/c1-10-5-3-4-6-12(10)15(20)19-14-9-11(17)7-8-13(14)18(2)16(19)21/h3-9H,17H2,1-2H3.